The molecule has 29 heavy (non-hydrogen) atoms. The van der Waals surface area contributed by atoms with Crippen molar-refractivity contribution in [1.82, 2.24) is 10.2 Å². The Morgan fingerprint density at radius 2 is 1.76 bits per heavy atom. The molecule has 2 rings (SSSR count). The first-order valence-corrected chi connectivity index (χ1v) is 9.68. The minimum Gasteiger partial charge on any atom is -0.482 e. The van der Waals surface area contributed by atoms with Gasteiger partial charge >= 0.3 is 0 Å². The summed E-state index contributed by atoms with van der Waals surface area (Å²) in [5, 5.41) is 3.27. The van der Waals surface area contributed by atoms with E-state index in [1.54, 1.807) is 43.3 Å². The van der Waals surface area contributed by atoms with Gasteiger partial charge in [-0.15, -0.1) is 0 Å². The Balaban J connectivity index is 2.18. The van der Waals surface area contributed by atoms with Gasteiger partial charge in [0, 0.05) is 12.1 Å². The van der Waals surface area contributed by atoms with Gasteiger partial charge < -0.3 is 15.0 Å². The molecule has 7 heteroatoms. The highest BCUT2D eigenvalue weighted by Gasteiger charge is 2.28. The summed E-state index contributed by atoms with van der Waals surface area (Å²) in [4.78, 5) is 27.0. The summed E-state index contributed by atoms with van der Waals surface area (Å²) in [6.45, 7) is 7.11. The number of halogens is 2. The number of nitrogens with one attached hydrogen (secondary N) is 1. The molecule has 1 atom stereocenters. The van der Waals surface area contributed by atoms with Crippen molar-refractivity contribution in [2.24, 2.45) is 0 Å². The first-order chi connectivity index (χ1) is 13.6. The monoisotopic (exact) mass is 420 g/mol. The van der Waals surface area contributed by atoms with Crippen molar-refractivity contribution in [1.29, 1.82) is 0 Å². The van der Waals surface area contributed by atoms with Crippen LogP contribution >= 0.6 is 11.6 Å². The molecule has 0 aliphatic heterocycles. The number of benzene rings is 2. The molecule has 0 aliphatic carbocycles. The minimum absolute atomic E-state index is 0.143. The Morgan fingerprint density at radius 3 is 2.34 bits per heavy atom. The second-order valence-electron chi connectivity index (χ2n) is 7.78. The van der Waals surface area contributed by atoms with Crippen LogP contribution in [0.1, 0.15) is 33.3 Å². The van der Waals surface area contributed by atoms with E-state index in [9.17, 15) is 14.0 Å². The molecular formula is C22H26ClFN2O3. The number of para-hydroxylation sites is 1. The second kappa shape index (κ2) is 9.74. The van der Waals surface area contributed by atoms with Crippen LogP contribution in [0, 0.1) is 5.82 Å². The summed E-state index contributed by atoms with van der Waals surface area (Å²) < 4.78 is 18.8. The topological polar surface area (TPSA) is 58.6 Å². The summed E-state index contributed by atoms with van der Waals surface area (Å²) in [5.41, 5.74) is 0.261. The van der Waals surface area contributed by atoms with Crippen LogP contribution < -0.4 is 10.1 Å². The first-order valence-electron chi connectivity index (χ1n) is 9.30. The summed E-state index contributed by atoms with van der Waals surface area (Å²) in [7, 11) is 0. The summed E-state index contributed by atoms with van der Waals surface area (Å²) in [5.74, 6) is -0.653. The molecule has 0 aromatic heterocycles. The number of carbonyl (C=O) groups is 2. The van der Waals surface area contributed by atoms with Crippen LogP contribution in [0.3, 0.4) is 0 Å². The number of amides is 2. The summed E-state index contributed by atoms with van der Waals surface area (Å²) in [6.07, 6.45) is 0. The van der Waals surface area contributed by atoms with E-state index < -0.39 is 11.6 Å². The number of hydrogen-bond donors (Lipinski definition) is 1. The van der Waals surface area contributed by atoms with Crippen LogP contribution in [0.5, 0.6) is 5.75 Å². The third-order valence-corrected chi connectivity index (χ3v) is 4.43. The molecule has 0 bridgehead atoms. The third-order valence-electron chi connectivity index (χ3n) is 4.12. The van der Waals surface area contributed by atoms with Crippen LogP contribution in [-0.4, -0.2) is 34.9 Å². The van der Waals surface area contributed by atoms with E-state index in [2.05, 4.69) is 5.32 Å². The predicted molar refractivity (Wildman–Crippen MR) is 111 cm³/mol. The highest BCUT2D eigenvalue weighted by Crippen LogP contribution is 2.23. The lowest BCUT2D eigenvalue weighted by molar-refractivity contribution is -0.142. The average molecular weight is 421 g/mol. The molecule has 0 saturated carbocycles. The fourth-order valence-electron chi connectivity index (χ4n) is 2.63. The molecule has 0 heterocycles. The van der Waals surface area contributed by atoms with Crippen molar-refractivity contribution in [2.75, 3.05) is 6.61 Å². The third kappa shape index (κ3) is 7.06. The maximum Gasteiger partial charge on any atom is 0.261 e. The molecule has 5 nitrogen and oxygen atoms in total. The second-order valence-corrected chi connectivity index (χ2v) is 8.19. The normalized spacial score (nSPS) is 12.2. The van der Waals surface area contributed by atoms with Crippen LogP contribution in [0.4, 0.5) is 4.39 Å². The molecule has 2 amide bonds. The molecule has 2 aromatic carbocycles. The fourth-order valence-corrected chi connectivity index (χ4v) is 2.82. The fraction of sp³-hybridized carbons (Fsp3) is 0.364. The average Bonchev–Trinajstić information content (AvgIpc) is 2.64. The van der Waals surface area contributed by atoms with Gasteiger partial charge in [0.1, 0.15) is 17.6 Å². The number of nitrogens with zero attached hydrogens (tertiary/aromatic N) is 1. The molecule has 156 valence electrons. The lowest BCUT2D eigenvalue weighted by Gasteiger charge is -2.31. The Bertz CT molecular complexity index is 850. The van der Waals surface area contributed by atoms with E-state index in [0.29, 0.717) is 16.3 Å². The van der Waals surface area contributed by atoms with Gasteiger partial charge in [0.2, 0.25) is 5.91 Å². The standard InChI is InChI=1S/C22H26ClFN2O3/c1-15(21(28)25-22(2,3)4)26(13-16-9-11-17(24)12-10-16)20(27)14-29-19-8-6-5-7-18(19)23/h5-12,15H,13-14H2,1-4H3,(H,25,28)/t15-/m1/s1. The number of ether oxygens (including phenoxy) is 1. The largest absolute Gasteiger partial charge is 0.482 e. The molecule has 0 spiro atoms. The van der Waals surface area contributed by atoms with Crippen molar-refractivity contribution < 1.29 is 18.7 Å². The zero-order valence-electron chi connectivity index (χ0n) is 17.0. The highest BCUT2D eigenvalue weighted by molar-refractivity contribution is 6.32. The number of rotatable bonds is 7. The van der Waals surface area contributed by atoms with Gasteiger partial charge in [0.05, 0.1) is 5.02 Å². The van der Waals surface area contributed by atoms with E-state index in [4.69, 9.17) is 16.3 Å². The Kier molecular flexibility index (Phi) is 7.62. The maximum absolute atomic E-state index is 13.2. The smallest absolute Gasteiger partial charge is 0.261 e. The zero-order valence-corrected chi connectivity index (χ0v) is 17.8. The van der Waals surface area contributed by atoms with E-state index in [1.807, 2.05) is 20.8 Å². The van der Waals surface area contributed by atoms with Crippen LogP contribution in [0.2, 0.25) is 5.02 Å². The van der Waals surface area contributed by atoms with Crippen molar-refractivity contribution >= 4 is 23.4 Å². The Hall–Kier alpha value is -2.60. The molecule has 0 radical (unpaired) electrons. The summed E-state index contributed by atoms with van der Waals surface area (Å²) in [6, 6.07) is 11.9. The number of carbonyl (C=O) groups excluding carboxylic acids is 2. The molecule has 2 aromatic rings. The summed E-state index contributed by atoms with van der Waals surface area (Å²) >= 11 is 6.07. The van der Waals surface area contributed by atoms with Gasteiger partial charge in [-0.1, -0.05) is 35.9 Å². The van der Waals surface area contributed by atoms with Gasteiger partial charge in [-0.25, -0.2) is 4.39 Å². The van der Waals surface area contributed by atoms with Gasteiger partial charge in [-0.05, 0) is 57.5 Å². The predicted octanol–water partition coefficient (Wildman–Crippen LogP) is 4.19. The van der Waals surface area contributed by atoms with E-state index in [1.165, 1.54) is 17.0 Å². The van der Waals surface area contributed by atoms with Crippen molar-refractivity contribution in [3.05, 3.63) is 64.9 Å². The molecule has 0 unspecified atom stereocenters. The van der Waals surface area contributed by atoms with E-state index in [0.717, 1.165) is 0 Å². The Labute approximate surface area is 175 Å². The highest BCUT2D eigenvalue weighted by atomic mass is 35.5. The van der Waals surface area contributed by atoms with Crippen LogP contribution in [0.15, 0.2) is 48.5 Å². The van der Waals surface area contributed by atoms with Gasteiger partial charge in [-0.2, -0.15) is 0 Å². The molecule has 1 N–H and O–H groups in total. The van der Waals surface area contributed by atoms with Crippen LogP contribution in [-0.2, 0) is 16.1 Å². The van der Waals surface area contributed by atoms with Crippen molar-refractivity contribution in [3.8, 4) is 5.75 Å². The number of hydrogen-bond acceptors (Lipinski definition) is 3. The van der Waals surface area contributed by atoms with E-state index in [-0.39, 0.29) is 30.8 Å². The van der Waals surface area contributed by atoms with Gasteiger partial charge in [-0.3, -0.25) is 9.59 Å². The van der Waals surface area contributed by atoms with Gasteiger partial charge in [0.15, 0.2) is 6.61 Å². The molecule has 0 fully saturated rings. The molecule has 0 saturated heterocycles. The minimum atomic E-state index is -0.748. The molecular weight excluding hydrogens is 395 g/mol. The lowest BCUT2D eigenvalue weighted by atomic mass is 10.1. The zero-order chi connectivity index (χ0) is 21.6. The van der Waals surface area contributed by atoms with E-state index >= 15 is 0 Å². The SMILES string of the molecule is C[C@H](C(=O)NC(C)(C)C)N(Cc1ccc(F)cc1)C(=O)COc1ccccc1Cl. The van der Waals surface area contributed by atoms with Crippen LogP contribution in [0.25, 0.3) is 0 Å². The Morgan fingerprint density at radius 1 is 1.14 bits per heavy atom. The maximum atomic E-state index is 13.2. The van der Waals surface area contributed by atoms with Crippen molar-refractivity contribution in [3.63, 3.8) is 0 Å². The first kappa shape index (κ1) is 22.7. The quantitative estimate of drug-likeness (QED) is 0.730. The van der Waals surface area contributed by atoms with Gasteiger partial charge in [0.25, 0.3) is 5.91 Å². The lowest BCUT2D eigenvalue weighted by Crippen LogP contribution is -2.53. The molecule has 0 aliphatic rings. The van der Waals surface area contributed by atoms with Crippen molar-refractivity contribution in [2.45, 2.75) is 45.8 Å².